The number of aliphatic hydroxyl groups is 2. The Morgan fingerprint density at radius 1 is 1.46 bits per heavy atom. The number of rotatable bonds is 4. The smallest absolute Gasteiger partial charge is 0.280 e. The van der Waals surface area contributed by atoms with Gasteiger partial charge >= 0.3 is 0 Å². The highest BCUT2D eigenvalue weighted by atomic mass is 16.6. The predicted octanol–water partition coefficient (Wildman–Crippen LogP) is -0.630. The Bertz CT molecular complexity index is 813. The Morgan fingerprint density at radius 3 is 2.83 bits per heavy atom. The van der Waals surface area contributed by atoms with Crippen molar-refractivity contribution in [2.24, 2.45) is 4.99 Å². The second-order valence-electron chi connectivity index (χ2n) is 5.88. The van der Waals surface area contributed by atoms with Gasteiger partial charge in [-0.05, 0) is 6.42 Å². The molecule has 10 heteroatoms. The fourth-order valence-corrected chi connectivity index (χ4v) is 2.63. The van der Waals surface area contributed by atoms with Crippen molar-refractivity contribution < 1.29 is 14.9 Å². The molecule has 0 saturated carbocycles. The molecule has 1 fully saturated rings. The van der Waals surface area contributed by atoms with E-state index in [1.54, 1.807) is 19.0 Å². The third kappa shape index (κ3) is 2.79. The molecule has 0 aromatic carbocycles. The number of aromatic nitrogens is 4. The third-order valence-electron chi connectivity index (χ3n) is 3.84. The molecule has 0 aliphatic carbocycles. The molecule has 1 saturated heterocycles. The largest absolute Gasteiger partial charge is 0.388 e. The Balaban J connectivity index is 2.05. The zero-order chi connectivity index (χ0) is 17.4. The van der Waals surface area contributed by atoms with Gasteiger partial charge < -0.3 is 19.8 Å². The van der Waals surface area contributed by atoms with Gasteiger partial charge in [0.2, 0.25) is 5.95 Å². The molecule has 2 aromatic heterocycles. The van der Waals surface area contributed by atoms with Gasteiger partial charge in [0.25, 0.3) is 5.56 Å². The lowest BCUT2D eigenvalue weighted by atomic mass is 10.1. The van der Waals surface area contributed by atoms with Crippen molar-refractivity contribution in [1.29, 1.82) is 0 Å². The van der Waals surface area contributed by atoms with Gasteiger partial charge in [-0.3, -0.25) is 14.3 Å². The second-order valence-corrected chi connectivity index (χ2v) is 5.88. The van der Waals surface area contributed by atoms with Crippen LogP contribution in [0.15, 0.2) is 16.1 Å². The molecule has 1 aliphatic heterocycles. The van der Waals surface area contributed by atoms with Gasteiger partial charge in [-0.1, -0.05) is 6.92 Å². The van der Waals surface area contributed by atoms with Crippen molar-refractivity contribution in [2.45, 2.75) is 37.9 Å². The summed E-state index contributed by atoms with van der Waals surface area (Å²) in [5.41, 5.74) is -0.0913. The van der Waals surface area contributed by atoms with Crippen molar-refractivity contribution in [2.75, 3.05) is 14.1 Å². The first-order chi connectivity index (χ1) is 11.4. The number of nitrogens with zero attached hydrogens (tertiary/aromatic N) is 5. The molecule has 4 atom stereocenters. The number of aliphatic hydroxyl groups excluding tert-OH is 2. The van der Waals surface area contributed by atoms with Gasteiger partial charge in [-0.15, -0.1) is 0 Å². The second kappa shape index (κ2) is 6.30. The first-order valence-electron chi connectivity index (χ1n) is 7.61. The summed E-state index contributed by atoms with van der Waals surface area (Å²) in [4.78, 5) is 28.7. The minimum atomic E-state index is -1.14. The summed E-state index contributed by atoms with van der Waals surface area (Å²) in [6, 6.07) is 0. The molecule has 0 unspecified atom stereocenters. The third-order valence-corrected chi connectivity index (χ3v) is 3.84. The molecule has 3 heterocycles. The fraction of sp³-hybridized carbons (Fsp3) is 0.571. The lowest BCUT2D eigenvalue weighted by Gasteiger charge is -2.16. The highest BCUT2D eigenvalue weighted by Gasteiger charge is 2.43. The van der Waals surface area contributed by atoms with Crippen LogP contribution in [0, 0.1) is 0 Å². The van der Waals surface area contributed by atoms with Crippen LogP contribution in [0.3, 0.4) is 0 Å². The van der Waals surface area contributed by atoms with Gasteiger partial charge in [-0.25, -0.2) is 9.98 Å². The molecule has 0 bridgehead atoms. The van der Waals surface area contributed by atoms with Gasteiger partial charge in [0.05, 0.1) is 18.8 Å². The highest BCUT2D eigenvalue weighted by molar-refractivity contribution is 5.71. The van der Waals surface area contributed by atoms with E-state index in [-0.39, 0.29) is 17.1 Å². The standard InChI is InChI=1S/C14H20N6O4/c1-4-7-9(21)10(22)13(24-7)20-6-15-8-11(20)17-14(18-12(8)23)16-5-19(2)3/h5-7,9-10,13,21-22H,4H2,1-3H3,(H,17,18,23)/t7-,9-,10-,13-/m1/s1. The average Bonchev–Trinajstić information content (AvgIpc) is 3.08. The van der Waals surface area contributed by atoms with Crippen LogP contribution in [0.4, 0.5) is 5.95 Å². The summed E-state index contributed by atoms with van der Waals surface area (Å²) in [6.07, 6.45) is -0.0834. The average molecular weight is 336 g/mol. The zero-order valence-electron chi connectivity index (χ0n) is 13.6. The number of hydrogen-bond donors (Lipinski definition) is 3. The number of H-pyrrole nitrogens is 1. The first kappa shape index (κ1) is 16.6. The first-order valence-corrected chi connectivity index (χ1v) is 7.61. The van der Waals surface area contributed by atoms with Crippen molar-refractivity contribution in [3.8, 4) is 0 Å². The van der Waals surface area contributed by atoms with Gasteiger partial charge in [0, 0.05) is 14.1 Å². The van der Waals surface area contributed by atoms with E-state index in [1.165, 1.54) is 17.2 Å². The molecular formula is C14H20N6O4. The van der Waals surface area contributed by atoms with Crippen LogP contribution in [0.25, 0.3) is 11.2 Å². The molecule has 0 radical (unpaired) electrons. The maximum absolute atomic E-state index is 12.1. The summed E-state index contributed by atoms with van der Waals surface area (Å²) in [7, 11) is 3.58. The summed E-state index contributed by atoms with van der Waals surface area (Å²) < 4.78 is 7.14. The van der Waals surface area contributed by atoms with Crippen LogP contribution in [0.2, 0.25) is 0 Å². The molecule has 24 heavy (non-hydrogen) atoms. The lowest BCUT2D eigenvalue weighted by molar-refractivity contribution is -0.0355. The van der Waals surface area contributed by atoms with E-state index in [2.05, 4.69) is 19.9 Å². The van der Waals surface area contributed by atoms with E-state index >= 15 is 0 Å². The molecule has 0 spiro atoms. The van der Waals surface area contributed by atoms with Crippen molar-refractivity contribution in [3.63, 3.8) is 0 Å². The Hall–Kier alpha value is -2.30. The monoisotopic (exact) mass is 336 g/mol. The van der Waals surface area contributed by atoms with Crippen LogP contribution >= 0.6 is 0 Å². The molecule has 2 aromatic rings. The lowest BCUT2D eigenvalue weighted by Crippen LogP contribution is -2.31. The van der Waals surface area contributed by atoms with Crippen molar-refractivity contribution in [1.82, 2.24) is 24.4 Å². The van der Waals surface area contributed by atoms with Crippen LogP contribution in [0.5, 0.6) is 0 Å². The van der Waals surface area contributed by atoms with Gasteiger partial charge in [0.1, 0.15) is 12.2 Å². The molecular weight excluding hydrogens is 316 g/mol. The van der Waals surface area contributed by atoms with Crippen LogP contribution in [-0.2, 0) is 4.74 Å². The minimum Gasteiger partial charge on any atom is -0.388 e. The molecule has 130 valence electrons. The maximum Gasteiger partial charge on any atom is 0.280 e. The van der Waals surface area contributed by atoms with E-state index in [0.717, 1.165) is 0 Å². The van der Waals surface area contributed by atoms with Crippen LogP contribution in [0.1, 0.15) is 19.6 Å². The SMILES string of the molecule is CC[C@H]1O[C@@H](n2cnc3c(=O)[nH]c(N=CN(C)C)nc32)[C@H](O)[C@@H]1O. The van der Waals surface area contributed by atoms with Gasteiger partial charge in [-0.2, -0.15) is 4.98 Å². The van der Waals surface area contributed by atoms with Crippen molar-refractivity contribution in [3.05, 3.63) is 16.7 Å². The number of aliphatic imine (C=N–C) groups is 1. The number of ether oxygens (including phenoxy) is 1. The van der Waals surface area contributed by atoms with Crippen molar-refractivity contribution >= 4 is 23.5 Å². The van der Waals surface area contributed by atoms with E-state index < -0.39 is 30.1 Å². The van der Waals surface area contributed by atoms with E-state index in [9.17, 15) is 15.0 Å². The molecule has 10 nitrogen and oxygen atoms in total. The number of hydrogen-bond acceptors (Lipinski definition) is 7. The quantitative estimate of drug-likeness (QED) is 0.501. The molecule has 3 N–H and O–H groups in total. The van der Waals surface area contributed by atoms with Crippen LogP contribution in [-0.4, -0.2) is 73.4 Å². The maximum atomic E-state index is 12.1. The number of fused-ring (bicyclic) bond motifs is 1. The minimum absolute atomic E-state index is 0.114. The predicted molar refractivity (Wildman–Crippen MR) is 86.2 cm³/mol. The van der Waals surface area contributed by atoms with Crippen LogP contribution < -0.4 is 5.56 Å². The number of imidazole rings is 1. The van der Waals surface area contributed by atoms with Gasteiger partial charge in [0.15, 0.2) is 17.4 Å². The summed E-state index contributed by atoms with van der Waals surface area (Å²) >= 11 is 0. The van der Waals surface area contributed by atoms with E-state index in [0.29, 0.717) is 6.42 Å². The summed E-state index contributed by atoms with van der Waals surface area (Å²) in [5, 5.41) is 20.3. The topological polar surface area (TPSA) is 129 Å². The Morgan fingerprint density at radius 2 is 2.21 bits per heavy atom. The zero-order valence-corrected chi connectivity index (χ0v) is 13.6. The molecule has 1 aliphatic rings. The molecule has 0 amide bonds. The summed E-state index contributed by atoms with van der Waals surface area (Å²) in [5.74, 6) is 0.114. The summed E-state index contributed by atoms with van der Waals surface area (Å²) in [6.45, 7) is 1.85. The number of nitrogens with one attached hydrogen (secondary N) is 1. The molecule has 3 rings (SSSR count). The number of aromatic amines is 1. The Kier molecular flexibility index (Phi) is 4.35. The van der Waals surface area contributed by atoms with E-state index in [4.69, 9.17) is 4.74 Å². The Labute approximate surface area is 137 Å². The normalized spacial score (nSPS) is 27.4. The highest BCUT2D eigenvalue weighted by Crippen LogP contribution is 2.32. The van der Waals surface area contributed by atoms with E-state index in [1.807, 2.05) is 6.92 Å². The fourth-order valence-electron chi connectivity index (χ4n) is 2.63.